The van der Waals surface area contributed by atoms with E-state index >= 15 is 0 Å². The maximum absolute atomic E-state index is 13.9. The molecule has 0 bridgehead atoms. The van der Waals surface area contributed by atoms with Gasteiger partial charge in [-0.3, -0.25) is 14.5 Å². The molecule has 3 aromatic carbocycles. The largest absolute Gasteiger partial charge is 0.467 e. The molecule has 6 rings (SSSR count). The predicted octanol–water partition coefficient (Wildman–Crippen LogP) is 6.89. The van der Waals surface area contributed by atoms with Crippen LogP contribution in [-0.2, 0) is 16.1 Å². The molecule has 2 aromatic heterocycles. The number of furan rings is 1. The second kappa shape index (κ2) is 11.9. The number of aromatic nitrogens is 2. The quantitative estimate of drug-likeness (QED) is 0.221. The van der Waals surface area contributed by atoms with Gasteiger partial charge in [0.05, 0.1) is 35.2 Å². The van der Waals surface area contributed by atoms with Gasteiger partial charge in [-0.05, 0) is 54.8 Å². The Bertz CT molecular complexity index is 1750. The Labute approximate surface area is 253 Å². The molecule has 0 unspecified atom stereocenters. The highest BCUT2D eigenvalue weighted by molar-refractivity contribution is 8.00. The second-order valence-electron chi connectivity index (χ2n) is 10.1. The molecule has 0 saturated carbocycles. The molecule has 0 fully saturated rings. The zero-order valence-corrected chi connectivity index (χ0v) is 24.8. The first-order valence-electron chi connectivity index (χ1n) is 13.6. The molecule has 212 valence electrons. The molecular formula is C33H29ClN4O3S. The maximum atomic E-state index is 13.9. The van der Waals surface area contributed by atoms with Crippen LogP contribution in [0.15, 0.2) is 95.6 Å². The summed E-state index contributed by atoms with van der Waals surface area (Å²) in [6.45, 7) is 4.14. The third-order valence-corrected chi connectivity index (χ3v) is 9.05. The highest BCUT2D eigenvalue weighted by atomic mass is 35.5. The van der Waals surface area contributed by atoms with Gasteiger partial charge in [-0.1, -0.05) is 72.3 Å². The molecule has 2 amide bonds. The number of carbonyl (C=O) groups is 2. The van der Waals surface area contributed by atoms with Crippen molar-refractivity contribution in [2.75, 3.05) is 17.2 Å². The molecule has 1 aliphatic rings. The lowest BCUT2D eigenvalue weighted by atomic mass is 9.99. The smallest absolute Gasteiger partial charge is 0.240 e. The van der Waals surface area contributed by atoms with Gasteiger partial charge in [0.2, 0.25) is 11.8 Å². The number of fused-ring (bicyclic) bond motifs is 1. The Hall–Kier alpha value is -4.27. The first-order chi connectivity index (χ1) is 20.4. The standard InChI is InChI=1S/C33H29ClN4O3S/c1-21-10-8-16-27(22(21)2)38-33-30(31(36-38)23-11-4-3-5-12-23)32(25-14-6-7-15-26(25)34)42-20-29(40)37(33)19-28(39)35-18-24-13-9-17-41-24/h3-17,32H,18-20H2,1-2H3,(H,35,39)/t32-/m0/s1. The molecular weight excluding hydrogens is 568 g/mol. The van der Waals surface area contributed by atoms with E-state index in [4.69, 9.17) is 21.1 Å². The van der Waals surface area contributed by atoms with Crippen molar-refractivity contribution in [2.45, 2.75) is 25.6 Å². The van der Waals surface area contributed by atoms with E-state index < -0.39 is 0 Å². The molecule has 5 aromatic rings. The van der Waals surface area contributed by atoms with Gasteiger partial charge in [-0.25, -0.2) is 4.68 Å². The van der Waals surface area contributed by atoms with Crippen molar-refractivity contribution in [1.82, 2.24) is 15.1 Å². The first kappa shape index (κ1) is 27.9. The van der Waals surface area contributed by atoms with E-state index in [0.29, 0.717) is 16.6 Å². The lowest BCUT2D eigenvalue weighted by Crippen LogP contribution is -2.42. The van der Waals surface area contributed by atoms with Crippen LogP contribution >= 0.6 is 23.4 Å². The van der Waals surface area contributed by atoms with Gasteiger partial charge in [0.25, 0.3) is 0 Å². The number of anilines is 1. The van der Waals surface area contributed by atoms with Crippen LogP contribution in [-0.4, -0.2) is 33.9 Å². The molecule has 0 spiro atoms. The summed E-state index contributed by atoms with van der Waals surface area (Å²) < 4.78 is 7.20. The lowest BCUT2D eigenvalue weighted by molar-refractivity contribution is -0.123. The zero-order valence-electron chi connectivity index (χ0n) is 23.2. The fourth-order valence-electron chi connectivity index (χ4n) is 5.19. The summed E-state index contributed by atoms with van der Waals surface area (Å²) in [6.07, 6.45) is 1.56. The molecule has 1 atom stereocenters. The van der Waals surface area contributed by atoms with E-state index in [1.807, 2.05) is 91.3 Å². The molecule has 1 N–H and O–H groups in total. The first-order valence-corrected chi connectivity index (χ1v) is 15.1. The highest BCUT2D eigenvalue weighted by Crippen LogP contribution is 2.50. The van der Waals surface area contributed by atoms with Crippen LogP contribution < -0.4 is 10.2 Å². The number of hydrogen-bond donors (Lipinski definition) is 1. The number of nitrogens with one attached hydrogen (secondary N) is 1. The normalized spacial score (nSPS) is 14.9. The third kappa shape index (κ3) is 5.35. The van der Waals surface area contributed by atoms with Gasteiger partial charge < -0.3 is 9.73 Å². The zero-order chi connectivity index (χ0) is 29.2. The van der Waals surface area contributed by atoms with E-state index in [2.05, 4.69) is 5.32 Å². The van der Waals surface area contributed by atoms with Crippen molar-refractivity contribution in [1.29, 1.82) is 0 Å². The number of nitrogens with zero attached hydrogens (tertiary/aromatic N) is 3. The molecule has 0 saturated heterocycles. The van der Waals surface area contributed by atoms with Crippen molar-refractivity contribution in [2.24, 2.45) is 0 Å². The van der Waals surface area contributed by atoms with Gasteiger partial charge >= 0.3 is 0 Å². The Morgan fingerprint density at radius 3 is 2.57 bits per heavy atom. The van der Waals surface area contributed by atoms with Crippen molar-refractivity contribution in [3.63, 3.8) is 0 Å². The summed E-state index contributed by atoms with van der Waals surface area (Å²) in [5.74, 6) is 0.872. The van der Waals surface area contributed by atoms with E-state index in [9.17, 15) is 9.59 Å². The van der Waals surface area contributed by atoms with Crippen molar-refractivity contribution >= 4 is 41.0 Å². The van der Waals surface area contributed by atoms with Crippen molar-refractivity contribution in [3.05, 3.63) is 124 Å². The van der Waals surface area contributed by atoms with Crippen LogP contribution in [0.3, 0.4) is 0 Å². The topological polar surface area (TPSA) is 80.4 Å². The monoisotopic (exact) mass is 596 g/mol. The van der Waals surface area contributed by atoms with E-state index in [-0.39, 0.29) is 35.9 Å². The summed E-state index contributed by atoms with van der Waals surface area (Å²) in [6, 6.07) is 27.2. The molecule has 0 aliphatic carbocycles. The summed E-state index contributed by atoms with van der Waals surface area (Å²) in [5.41, 5.74) is 6.34. The molecule has 0 radical (unpaired) electrons. The number of carbonyl (C=O) groups excluding carboxylic acids is 2. The number of benzene rings is 3. The van der Waals surface area contributed by atoms with Gasteiger partial charge in [0.15, 0.2) is 0 Å². The average molecular weight is 597 g/mol. The minimum Gasteiger partial charge on any atom is -0.467 e. The number of amides is 2. The molecule has 42 heavy (non-hydrogen) atoms. The Morgan fingerprint density at radius 1 is 1.02 bits per heavy atom. The molecule has 3 heterocycles. The maximum Gasteiger partial charge on any atom is 0.240 e. The summed E-state index contributed by atoms with van der Waals surface area (Å²) in [7, 11) is 0. The van der Waals surface area contributed by atoms with Gasteiger partial charge in [0, 0.05) is 16.1 Å². The SMILES string of the molecule is Cc1cccc(-n2nc(-c3ccccc3)c3c2N(CC(=O)NCc2ccco2)C(=O)CS[C@H]3c2ccccc2Cl)c1C. The minimum absolute atomic E-state index is 0.164. The summed E-state index contributed by atoms with van der Waals surface area (Å²) in [4.78, 5) is 28.8. The second-order valence-corrected chi connectivity index (χ2v) is 11.6. The van der Waals surface area contributed by atoms with Crippen LogP contribution in [0.2, 0.25) is 5.02 Å². The van der Waals surface area contributed by atoms with E-state index in [0.717, 1.165) is 39.2 Å². The Balaban J connectivity index is 1.57. The Morgan fingerprint density at radius 2 is 1.81 bits per heavy atom. The summed E-state index contributed by atoms with van der Waals surface area (Å²) in [5, 5.41) is 8.37. The molecule has 7 nitrogen and oxygen atoms in total. The summed E-state index contributed by atoms with van der Waals surface area (Å²) >= 11 is 8.27. The van der Waals surface area contributed by atoms with E-state index in [1.54, 1.807) is 23.3 Å². The van der Waals surface area contributed by atoms with Gasteiger partial charge in [0.1, 0.15) is 18.1 Å². The van der Waals surface area contributed by atoms with Crippen molar-refractivity contribution in [3.8, 4) is 16.9 Å². The lowest BCUT2D eigenvalue weighted by Gasteiger charge is -2.24. The number of halogens is 1. The number of aryl methyl sites for hydroxylation is 1. The van der Waals surface area contributed by atoms with Gasteiger partial charge in [-0.2, -0.15) is 5.10 Å². The average Bonchev–Trinajstić information content (AvgIpc) is 3.63. The number of thioether (sulfide) groups is 1. The molecule has 1 aliphatic heterocycles. The fourth-order valence-corrected chi connectivity index (χ4v) is 6.74. The minimum atomic E-state index is -0.304. The number of hydrogen-bond acceptors (Lipinski definition) is 5. The van der Waals surface area contributed by atoms with E-state index in [1.165, 1.54) is 11.8 Å². The highest BCUT2D eigenvalue weighted by Gasteiger charge is 2.38. The van der Waals surface area contributed by atoms with Crippen LogP contribution in [0.1, 0.15) is 33.3 Å². The van der Waals surface area contributed by atoms with Crippen LogP contribution in [0.4, 0.5) is 5.82 Å². The van der Waals surface area contributed by atoms with Gasteiger partial charge in [-0.15, -0.1) is 11.8 Å². The van der Waals surface area contributed by atoms with Crippen LogP contribution in [0.25, 0.3) is 16.9 Å². The van der Waals surface area contributed by atoms with Crippen molar-refractivity contribution < 1.29 is 14.0 Å². The Kier molecular flexibility index (Phi) is 7.91. The van der Waals surface area contributed by atoms with Crippen LogP contribution in [0, 0.1) is 13.8 Å². The number of rotatable bonds is 7. The third-order valence-electron chi connectivity index (χ3n) is 7.47. The fraction of sp³-hybridized carbons (Fsp3) is 0.182. The predicted molar refractivity (Wildman–Crippen MR) is 167 cm³/mol. The van der Waals surface area contributed by atoms with Crippen LogP contribution in [0.5, 0.6) is 0 Å². The molecule has 9 heteroatoms.